The summed E-state index contributed by atoms with van der Waals surface area (Å²) in [7, 11) is 0. The Bertz CT molecular complexity index is 1090. The first-order chi connectivity index (χ1) is 13.0. The van der Waals surface area contributed by atoms with Crippen molar-refractivity contribution in [3.63, 3.8) is 0 Å². The lowest BCUT2D eigenvalue weighted by molar-refractivity contribution is -0.118. The van der Waals surface area contributed by atoms with Crippen LogP contribution in [0.15, 0.2) is 66.0 Å². The van der Waals surface area contributed by atoms with Crippen molar-refractivity contribution in [2.75, 3.05) is 5.32 Å². The van der Waals surface area contributed by atoms with Crippen LogP contribution in [-0.2, 0) is 11.2 Å². The number of carbonyl (C=O) groups is 1. The molecule has 1 atom stereocenters. The zero-order chi connectivity index (χ0) is 18.6. The number of ketones is 1. The number of aromatic nitrogens is 1. The third kappa shape index (κ3) is 2.69. The molecular formula is C24H24N2O. The van der Waals surface area contributed by atoms with Gasteiger partial charge in [-0.15, -0.1) is 0 Å². The first-order valence-electron chi connectivity index (χ1n) is 9.69. The largest absolute Gasteiger partial charge is 0.361 e. The summed E-state index contributed by atoms with van der Waals surface area (Å²) in [5.74, 6) is 0.368. The van der Waals surface area contributed by atoms with E-state index in [2.05, 4.69) is 72.8 Å². The topological polar surface area (TPSA) is 44.9 Å². The van der Waals surface area contributed by atoms with Gasteiger partial charge < -0.3 is 10.3 Å². The molecule has 0 radical (unpaired) electrons. The van der Waals surface area contributed by atoms with Gasteiger partial charge in [-0.2, -0.15) is 0 Å². The van der Waals surface area contributed by atoms with Gasteiger partial charge in [0.15, 0.2) is 5.78 Å². The number of aromatic amines is 1. The van der Waals surface area contributed by atoms with Crippen LogP contribution in [0.25, 0.3) is 10.9 Å². The summed E-state index contributed by atoms with van der Waals surface area (Å²) in [4.78, 5) is 16.7. The Labute approximate surface area is 159 Å². The van der Waals surface area contributed by atoms with Crippen molar-refractivity contribution >= 4 is 22.4 Å². The van der Waals surface area contributed by atoms with Crippen LogP contribution in [-0.4, -0.2) is 10.8 Å². The Balaban J connectivity index is 1.74. The van der Waals surface area contributed by atoms with Gasteiger partial charge in [0.2, 0.25) is 0 Å². The van der Waals surface area contributed by atoms with Crippen LogP contribution in [0.4, 0.5) is 5.69 Å². The van der Waals surface area contributed by atoms with Crippen LogP contribution >= 0.6 is 0 Å². The average molecular weight is 356 g/mol. The second-order valence-electron chi connectivity index (χ2n) is 8.66. The lowest BCUT2D eigenvalue weighted by Gasteiger charge is -2.34. The predicted octanol–water partition coefficient (Wildman–Crippen LogP) is 5.56. The number of para-hydroxylation sites is 2. The highest BCUT2D eigenvalue weighted by atomic mass is 16.1. The number of rotatable bonds is 1. The van der Waals surface area contributed by atoms with Crippen LogP contribution in [0.1, 0.15) is 43.7 Å². The minimum Gasteiger partial charge on any atom is -0.361 e. The van der Waals surface area contributed by atoms with E-state index in [9.17, 15) is 4.79 Å². The molecule has 5 rings (SSSR count). The van der Waals surface area contributed by atoms with Crippen LogP contribution < -0.4 is 5.32 Å². The van der Waals surface area contributed by atoms with E-state index in [4.69, 9.17) is 0 Å². The molecular weight excluding hydrogens is 332 g/mol. The Morgan fingerprint density at radius 2 is 1.78 bits per heavy atom. The molecule has 1 aliphatic heterocycles. The van der Waals surface area contributed by atoms with Gasteiger partial charge in [-0.05, 0) is 41.5 Å². The number of nitrogens with one attached hydrogen (secondary N) is 2. The summed E-state index contributed by atoms with van der Waals surface area (Å²) in [5, 5.41) is 4.85. The fourth-order valence-electron chi connectivity index (χ4n) is 4.80. The SMILES string of the molecule is CC1(C)CC(=O)C2=C(C1)Nc1ccccc1C[C@H]2c1c[nH]c2ccccc12. The molecule has 2 aliphatic rings. The molecule has 2 N–H and O–H groups in total. The second kappa shape index (κ2) is 5.85. The van der Waals surface area contributed by atoms with Crippen molar-refractivity contribution < 1.29 is 4.79 Å². The van der Waals surface area contributed by atoms with E-state index >= 15 is 0 Å². The van der Waals surface area contributed by atoms with Crippen molar-refractivity contribution in [3.8, 4) is 0 Å². The van der Waals surface area contributed by atoms with Gasteiger partial charge in [0.25, 0.3) is 0 Å². The minimum absolute atomic E-state index is 0.00698. The second-order valence-corrected chi connectivity index (χ2v) is 8.66. The van der Waals surface area contributed by atoms with E-state index in [1.54, 1.807) is 0 Å². The van der Waals surface area contributed by atoms with Crippen molar-refractivity contribution in [2.45, 2.75) is 39.0 Å². The van der Waals surface area contributed by atoms with Gasteiger partial charge in [0, 0.05) is 46.4 Å². The van der Waals surface area contributed by atoms with Crippen LogP contribution in [0.2, 0.25) is 0 Å². The summed E-state index contributed by atoms with van der Waals surface area (Å²) in [6.07, 6.45) is 4.46. The van der Waals surface area contributed by atoms with Gasteiger partial charge in [-0.1, -0.05) is 50.2 Å². The summed E-state index contributed by atoms with van der Waals surface area (Å²) >= 11 is 0. The standard InChI is InChI=1S/C24H24N2O/c1-24(2)12-21-23(22(27)13-24)17(11-15-7-3-5-9-19(15)26-21)18-14-25-20-10-6-4-8-16(18)20/h3-10,14,17,25-26H,11-13H2,1-2H3/t17-/m0/s1. The number of anilines is 1. The van der Waals surface area contributed by atoms with E-state index in [0.717, 1.165) is 35.3 Å². The molecule has 27 heavy (non-hydrogen) atoms. The van der Waals surface area contributed by atoms with Crippen molar-refractivity contribution in [1.29, 1.82) is 0 Å². The predicted molar refractivity (Wildman–Crippen MR) is 110 cm³/mol. The van der Waals surface area contributed by atoms with E-state index < -0.39 is 0 Å². The normalized spacial score (nSPS) is 21.4. The van der Waals surface area contributed by atoms with Gasteiger partial charge in [-0.25, -0.2) is 0 Å². The lowest BCUT2D eigenvalue weighted by Crippen LogP contribution is -2.30. The number of Topliss-reactive ketones (excluding diaryl/α,β-unsaturated/α-hetero) is 1. The molecule has 2 heterocycles. The highest BCUT2D eigenvalue weighted by molar-refractivity contribution is 6.01. The maximum atomic E-state index is 13.3. The molecule has 136 valence electrons. The lowest BCUT2D eigenvalue weighted by atomic mass is 9.71. The Kier molecular flexibility index (Phi) is 3.55. The quantitative estimate of drug-likeness (QED) is 0.599. The molecule has 3 aromatic rings. The number of hydrogen-bond donors (Lipinski definition) is 2. The molecule has 0 saturated carbocycles. The van der Waals surface area contributed by atoms with Gasteiger partial charge in [0.05, 0.1) is 0 Å². The highest BCUT2D eigenvalue weighted by Gasteiger charge is 2.39. The molecule has 0 fully saturated rings. The molecule has 3 nitrogen and oxygen atoms in total. The number of benzene rings is 2. The fourth-order valence-corrected chi connectivity index (χ4v) is 4.80. The van der Waals surface area contributed by atoms with Gasteiger partial charge in [0.1, 0.15) is 0 Å². The monoisotopic (exact) mass is 356 g/mol. The molecule has 0 spiro atoms. The molecule has 0 unspecified atom stereocenters. The minimum atomic E-state index is -0.00698. The maximum Gasteiger partial charge on any atom is 0.161 e. The summed E-state index contributed by atoms with van der Waals surface area (Å²) < 4.78 is 0. The third-order valence-electron chi connectivity index (χ3n) is 5.99. The van der Waals surface area contributed by atoms with E-state index in [-0.39, 0.29) is 17.1 Å². The molecule has 1 aliphatic carbocycles. The third-order valence-corrected chi connectivity index (χ3v) is 5.99. The molecule has 0 amide bonds. The van der Waals surface area contributed by atoms with Crippen LogP contribution in [0.5, 0.6) is 0 Å². The first kappa shape index (κ1) is 16.4. The smallest absolute Gasteiger partial charge is 0.161 e. The van der Waals surface area contributed by atoms with Crippen molar-refractivity contribution in [1.82, 2.24) is 4.98 Å². The molecule has 0 bridgehead atoms. The number of carbonyl (C=O) groups excluding carboxylic acids is 1. The van der Waals surface area contributed by atoms with Crippen LogP contribution in [0, 0.1) is 5.41 Å². The Hall–Kier alpha value is -2.81. The van der Waals surface area contributed by atoms with Gasteiger partial charge >= 0.3 is 0 Å². The maximum absolute atomic E-state index is 13.3. The summed E-state index contributed by atoms with van der Waals surface area (Å²) in [5.41, 5.74) is 6.85. The zero-order valence-corrected chi connectivity index (χ0v) is 15.8. The Morgan fingerprint density at radius 1 is 1.00 bits per heavy atom. The first-order valence-corrected chi connectivity index (χ1v) is 9.69. The zero-order valence-electron chi connectivity index (χ0n) is 15.8. The molecule has 1 aromatic heterocycles. The Morgan fingerprint density at radius 3 is 2.67 bits per heavy atom. The van der Waals surface area contributed by atoms with Gasteiger partial charge in [-0.3, -0.25) is 4.79 Å². The van der Waals surface area contributed by atoms with E-state index in [1.165, 1.54) is 16.5 Å². The highest BCUT2D eigenvalue weighted by Crippen LogP contribution is 2.46. The number of hydrogen-bond acceptors (Lipinski definition) is 2. The number of allylic oxidation sites excluding steroid dienone is 2. The van der Waals surface area contributed by atoms with Crippen molar-refractivity contribution in [2.24, 2.45) is 5.41 Å². The van der Waals surface area contributed by atoms with Crippen LogP contribution in [0.3, 0.4) is 0 Å². The molecule has 0 saturated heterocycles. The van der Waals surface area contributed by atoms with E-state index in [0.29, 0.717) is 6.42 Å². The number of fused-ring (bicyclic) bond motifs is 2. The summed E-state index contributed by atoms with van der Waals surface area (Å²) in [6, 6.07) is 16.8. The molecule has 2 aromatic carbocycles. The van der Waals surface area contributed by atoms with Crippen molar-refractivity contribution in [3.05, 3.63) is 77.1 Å². The number of H-pyrrole nitrogens is 1. The fraction of sp³-hybridized carbons (Fsp3) is 0.292. The molecule has 3 heteroatoms. The van der Waals surface area contributed by atoms with E-state index in [1.807, 2.05) is 6.07 Å². The average Bonchev–Trinajstić information content (AvgIpc) is 2.97. The summed E-state index contributed by atoms with van der Waals surface area (Å²) in [6.45, 7) is 4.38.